The number of carbonyl (C=O) groups excluding carboxylic acids is 1. The van der Waals surface area contributed by atoms with E-state index in [2.05, 4.69) is 25.5 Å². The van der Waals surface area contributed by atoms with E-state index < -0.39 is 6.04 Å². The normalized spacial score (nSPS) is 12.2. The largest absolute Gasteiger partial charge is 0.461 e. The van der Waals surface area contributed by atoms with Crippen LogP contribution in [0.3, 0.4) is 0 Å². The number of carbonyl (C=O) groups is 1. The fourth-order valence-electron chi connectivity index (χ4n) is 4.05. The number of hydrogen-bond donors (Lipinski definition) is 2. The molecule has 4 heterocycles. The standard InChI is InChI=1S/C25H20N8O2/c26-25-30-23-18(22-29-21(31-33(22)25)19-12-7-13-35-19)15-28-32(23)20(17-10-5-2-6-11-17)24(34)27-14-16-8-3-1-4-9-16/h1-13,15,20H,14H2,(H2,26,30)(H,27,34)/t20-/m0/s1. The van der Waals surface area contributed by atoms with Crippen molar-refractivity contribution in [3.8, 4) is 11.6 Å². The first-order valence-electron chi connectivity index (χ1n) is 11.0. The molecular formula is C25H20N8O2. The molecule has 0 aliphatic heterocycles. The Morgan fingerprint density at radius 2 is 1.74 bits per heavy atom. The number of fused-ring (bicyclic) bond motifs is 3. The highest BCUT2D eigenvalue weighted by atomic mass is 16.3. The summed E-state index contributed by atoms with van der Waals surface area (Å²) in [6.45, 7) is 0.388. The third-order valence-electron chi connectivity index (χ3n) is 5.71. The lowest BCUT2D eigenvalue weighted by Crippen LogP contribution is -2.33. The fourth-order valence-corrected chi connectivity index (χ4v) is 4.05. The van der Waals surface area contributed by atoms with Gasteiger partial charge in [-0.2, -0.15) is 14.6 Å². The van der Waals surface area contributed by atoms with Crippen molar-refractivity contribution >= 4 is 28.5 Å². The maximum Gasteiger partial charge on any atom is 0.249 e. The van der Waals surface area contributed by atoms with Crippen molar-refractivity contribution in [2.24, 2.45) is 0 Å². The van der Waals surface area contributed by atoms with Gasteiger partial charge in [-0.1, -0.05) is 60.7 Å². The zero-order valence-electron chi connectivity index (χ0n) is 18.4. The van der Waals surface area contributed by atoms with E-state index in [1.165, 1.54) is 4.52 Å². The first-order valence-corrected chi connectivity index (χ1v) is 11.0. The van der Waals surface area contributed by atoms with Gasteiger partial charge in [0.05, 0.1) is 17.8 Å². The van der Waals surface area contributed by atoms with Crippen LogP contribution in [-0.4, -0.2) is 35.3 Å². The monoisotopic (exact) mass is 464 g/mol. The van der Waals surface area contributed by atoms with Crippen LogP contribution >= 0.6 is 0 Å². The molecule has 1 amide bonds. The van der Waals surface area contributed by atoms with Crippen LogP contribution in [0, 0.1) is 0 Å². The SMILES string of the molecule is Nc1nc2c(cnn2[C@H](C(=O)NCc2ccccc2)c2ccccc2)c2nc(-c3ccco3)nn12. The van der Waals surface area contributed by atoms with Gasteiger partial charge in [0.1, 0.15) is 0 Å². The summed E-state index contributed by atoms with van der Waals surface area (Å²) in [5, 5.41) is 12.6. The lowest BCUT2D eigenvalue weighted by molar-refractivity contribution is -0.123. The third kappa shape index (κ3) is 3.66. The number of amides is 1. The molecule has 1 atom stereocenters. The van der Waals surface area contributed by atoms with Gasteiger partial charge >= 0.3 is 0 Å². The highest BCUT2D eigenvalue weighted by Gasteiger charge is 2.27. The summed E-state index contributed by atoms with van der Waals surface area (Å²) in [5.41, 5.74) is 8.91. The van der Waals surface area contributed by atoms with Gasteiger partial charge in [-0.3, -0.25) is 4.79 Å². The van der Waals surface area contributed by atoms with Gasteiger partial charge in [-0.25, -0.2) is 9.67 Å². The number of hydrogen-bond acceptors (Lipinski definition) is 7. The number of nitrogen functional groups attached to an aromatic ring is 1. The molecule has 2 aromatic carbocycles. The fraction of sp³-hybridized carbons (Fsp3) is 0.0800. The number of benzene rings is 2. The first-order chi connectivity index (χ1) is 17.2. The topological polar surface area (TPSA) is 129 Å². The van der Waals surface area contributed by atoms with Gasteiger partial charge in [-0.05, 0) is 23.3 Å². The molecule has 172 valence electrons. The van der Waals surface area contributed by atoms with E-state index in [-0.39, 0.29) is 11.9 Å². The van der Waals surface area contributed by atoms with Crippen molar-refractivity contribution in [2.45, 2.75) is 12.6 Å². The second-order valence-corrected chi connectivity index (χ2v) is 7.96. The average molecular weight is 464 g/mol. The first kappa shape index (κ1) is 20.6. The average Bonchev–Trinajstić information content (AvgIpc) is 3.65. The van der Waals surface area contributed by atoms with E-state index in [1.807, 2.05) is 60.7 Å². The molecule has 0 aliphatic rings. The molecule has 6 aromatic rings. The van der Waals surface area contributed by atoms with Gasteiger partial charge in [0, 0.05) is 6.54 Å². The second-order valence-electron chi connectivity index (χ2n) is 7.96. The minimum Gasteiger partial charge on any atom is -0.461 e. The van der Waals surface area contributed by atoms with Crippen LogP contribution in [0.1, 0.15) is 17.2 Å². The Balaban J connectivity index is 1.45. The van der Waals surface area contributed by atoms with E-state index >= 15 is 0 Å². The van der Waals surface area contributed by atoms with Crippen LogP contribution in [0.15, 0.2) is 89.7 Å². The van der Waals surface area contributed by atoms with Gasteiger partial charge in [0.15, 0.2) is 23.1 Å². The molecule has 0 fully saturated rings. The number of aromatic nitrogens is 6. The smallest absolute Gasteiger partial charge is 0.249 e. The van der Waals surface area contributed by atoms with E-state index in [0.717, 1.165) is 11.1 Å². The number of furan rings is 1. The molecule has 0 bridgehead atoms. The highest BCUT2D eigenvalue weighted by Crippen LogP contribution is 2.27. The van der Waals surface area contributed by atoms with Crippen molar-refractivity contribution < 1.29 is 9.21 Å². The Hall–Kier alpha value is -4.99. The molecular weight excluding hydrogens is 444 g/mol. The van der Waals surface area contributed by atoms with Crippen LogP contribution in [0.4, 0.5) is 5.95 Å². The van der Waals surface area contributed by atoms with Crippen molar-refractivity contribution in [3.05, 3.63) is 96.4 Å². The molecule has 0 spiro atoms. The molecule has 35 heavy (non-hydrogen) atoms. The van der Waals surface area contributed by atoms with Crippen LogP contribution in [-0.2, 0) is 11.3 Å². The van der Waals surface area contributed by atoms with Crippen molar-refractivity contribution in [1.82, 2.24) is 34.7 Å². The lowest BCUT2D eigenvalue weighted by atomic mass is 10.1. The molecule has 10 heteroatoms. The van der Waals surface area contributed by atoms with Crippen LogP contribution in [0.2, 0.25) is 0 Å². The highest BCUT2D eigenvalue weighted by molar-refractivity contribution is 5.92. The van der Waals surface area contributed by atoms with Gasteiger partial charge in [0.2, 0.25) is 17.7 Å². The van der Waals surface area contributed by atoms with Crippen LogP contribution in [0.25, 0.3) is 28.3 Å². The molecule has 4 aromatic heterocycles. The Morgan fingerprint density at radius 3 is 2.49 bits per heavy atom. The maximum absolute atomic E-state index is 13.5. The summed E-state index contributed by atoms with van der Waals surface area (Å²) in [6, 6.07) is 21.9. The third-order valence-corrected chi connectivity index (χ3v) is 5.71. The Morgan fingerprint density at radius 1 is 0.971 bits per heavy atom. The Bertz CT molecular complexity index is 1620. The number of rotatable bonds is 6. The van der Waals surface area contributed by atoms with Gasteiger partial charge in [-0.15, -0.1) is 5.10 Å². The minimum absolute atomic E-state index is 0.121. The van der Waals surface area contributed by atoms with Gasteiger partial charge < -0.3 is 15.5 Å². The maximum atomic E-state index is 13.5. The summed E-state index contributed by atoms with van der Waals surface area (Å²) in [7, 11) is 0. The summed E-state index contributed by atoms with van der Waals surface area (Å²) < 4.78 is 8.44. The number of nitrogens with one attached hydrogen (secondary N) is 1. The van der Waals surface area contributed by atoms with E-state index in [9.17, 15) is 4.79 Å². The quantitative estimate of drug-likeness (QED) is 0.387. The molecule has 0 aliphatic carbocycles. The molecule has 0 unspecified atom stereocenters. The lowest BCUT2D eigenvalue weighted by Gasteiger charge is -2.18. The van der Waals surface area contributed by atoms with Crippen LogP contribution < -0.4 is 11.1 Å². The van der Waals surface area contributed by atoms with E-state index in [4.69, 9.17) is 10.2 Å². The summed E-state index contributed by atoms with van der Waals surface area (Å²) in [5.74, 6) is 0.791. The Labute approximate surface area is 199 Å². The number of anilines is 1. The summed E-state index contributed by atoms with van der Waals surface area (Å²) in [4.78, 5) is 22.6. The van der Waals surface area contributed by atoms with Gasteiger partial charge in [0.25, 0.3) is 0 Å². The van der Waals surface area contributed by atoms with Crippen molar-refractivity contribution in [3.63, 3.8) is 0 Å². The number of nitrogens with two attached hydrogens (primary N) is 1. The summed E-state index contributed by atoms with van der Waals surface area (Å²) in [6.07, 6.45) is 3.17. The summed E-state index contributed by atoms with van der Waals surface area (Å²) >= 11 is 0. The molecule has 10 nitrogen and oxygen atoms in total. The van der Waals surface area contributed by atoms with Crippen LogP contribution in [0.5, 0.6) is 0 Å². The predicted octanol–water partition coefficient (Wildman–Crippen LogP) is 3.22. The van der Waals surface area contributed by atoms with Crippen molar-refractivity contribution in [1.29, 1.82) is 0 Å². The number of nitrogens with zero attached hydrogens (tertiary/aromatic N) is 6. The zero-order valence-corrected chi connectivity index (χ0v) is 18.4. The molecule has 6 rings (SSSR count). The van der Waals surface area contributed by atoms with E-state index in [1.54, 1.807) is 29.3 Å². The van der Waals surface area contributed by atoms with E-state index in [0.29, 0.717) is 34.8 Å². The second kappa shape index (κ2) is 8.41. The zero-order chi connectivity index (χ0) is 23.8. The van der Waals surface area contributed by atoms with Crippen molar-refractivity contribution in [2.75, 3.05) is 5.73 Å². The Kier molecular flexibility index (Phi) is 4.95. The molecule has 0 saturated carbocycles. The molecule has 0 saturated heterocycles. The minimum atomic E-state index is -0.765. The molecule has 0 radical (unpaired) electrons. The predicted molar refractivity (Wildman–Crippen MR) is 129 cm³/mol. The molecule has 3 N–H and O–H groups in total.